The Kier molecular flexibility index (Phi) is 6.99. The smallest absolute Gasteiger partial charge is 0.231 e. The number of thiazole rings is 1. The molecule has 164 valence electrons. The Morgan fingerprint density at radius 2 is 1.88 bits per heavy atom. The molecule has 2 heterocycles. The highest BCUT2D eigenvalue weighted by Gasteiger charge is 2.15. The third-order valence-electron chi connectivity index (χ3n) is 5.06. The Hall–Kier alpha value is -3.42. The summed E-state index contributed by atoms with van der Waals surface area (Å²) in [6.07, 6.45) is 1.89. The number of phenols is 1. The fourth-order valence-corrected chi connectivity index (χ4v) is 4.24. The minimum Gasteiger partial charge on any atom is -0.508 e. The number of phenolic OH excluding ortho intramolecular Hbond substituents is 1. The fraction of sp³-hybridized carbons (Fsp3) is 0.200. The fourth-order valence-electron chi connectivity index (χ4n) is 3.45. The second-order valence-corrected chi connectivity index (χ2v) is 8.57. The lowest BCUT2D eigenvalue weighted by atomic mass is 10.2. The number of hydrogen-bond acceptors (Lipinski definition) is 6. The maximum atomic E-state index is 12.5. The van der Waals surface area contributed by atoms with E-state index in [0.29, 0.717) is 19.6 Å². The van der Waals surface area contributed by atoms with Gasteiger partial charge in [-0.1, -0.05) is 36.4 Å². The number of hydrogen-bond donors (Lipinski definition) is 2. The van der Waals surface area contributed by atoms with Crippen molar-refractivity contribution in [1.29, 1.82) is 0 Å². The molecule has 2 aromatic carbocycles. The molecule has 2 aromatic heterocycles. The molecule has 0 spiro atoms. The Bertz CT molecular complexity index is 1170. The number of benzene rings is 2. The van der Waals surface area contributed by atoms with Crippen molar-refractivity contribution in [3.63, 3.8) is 0 Å². The van der Waals surface area contributed by atoms with E-state index in [1.165, 1.54) is 11.3 Å². The molecule has 0 radical (unpaired) electrons. The van der Waals surface area contributed by atoms with Crippen molar-refractivity contribution in [2.45, 2.75) is 33.0 Å². The molecular weight excluding hydrogens is 422 g/mol. The van der Waals surface area contributed by atoms with Crippen LogP contribution in [0.25, 0.3) is 0 Å². The zero-order chi connectivity index (χ0) is 22.3. The van der Waals surface area contributed by atoms with Crippen LogP contribution in [0.15, 0.2) is 76.7 Å². The van der Waals surface area contributed by atoms with Crippen LogP contribution >= 0.6 is 11.3 Å². The normalized spacial score (nSPS) is 11.1. The van der Waals surface area contributed by atoms with Crippen molar-refractivity contribution in [3.05, 3.63) is 99.9 Å². The van der Waals surface area contributed by atoms with E-state index in [1.54, 1.807) is 12.3 Å². The second-order valence-electron chi connectivity index (χ2n) is 7.63. The maximum absolute atomic E-state index is 12.5. The summed E-state index contributed by atoms with van der Waals surface area (Å²) in [7, 11) is 0. The van der Waals surface area contributed by atoms with E-state index < -0.39 is 0 Å². The van der Waals surface area contributed by atoms with E-state index in [0.717, 1.165) is 33.3 Å². The molecule has 6 nitrogen and oxygen atoms in total. The molecule has 1 amide bonds. The summed E-state index contributed by atoms with van der Waals surface area (Å²) >= 11 is 1.48. The van der Waals surface area contributed by atoms with Gasteiger partial charge >= 0.3 is 0 Å². The first-order valence-electron chi connectivity index (χ1n) is 10.4. The summed E-state index contributed by atoms with van der Waals surface area (Å²) in [6, 6.07) is 18.8. The van der Waals surface area contributed by atoms with Gasteiger partial charge in [0.15, 0.2) is 0 Å². The van der Waals surface area contributed by atoms with Crippen LogP contribution in [0, 0.1) is 6.92 Å². The Morgan fingerprint density at radius 1 is 1.06 bits per heavy atom. The standard InChI is InChI=1S/C25H25N3O3S/c1-18-7-2-4-10-22(18)27-24(30)13-25-26-20(17-32-25)15-28(16-21-9-6-12-31-21)14-19-8-3-5-11-23(19)29/h2-12,17,29H,13-16H2,1H3,(H,27,30). The first-order chi connectivity index (χ1) is 15.6. The lowest BCUT2D eigenvalue weighted by Crippen LogP contribution is -2.22. The van der Waals surface area contributed by atoms with E-state index >= 15 is 0 Å². The van der Waals surface area contributed by atoms with Crippen molar-refractivity contribution in [2.24, 2.45) is 0 Å². The molecule has 0 saturated heterocycles. The van der Waals surface area contributed by atoms with E-state index in [2.05, 4.69) is 15.2 Å². The molecule has 7 heteroatoms. The van der Waals surface area contributed by atoms with Gasteiger partial charge in [0.25, 0.3) is 0 Å². The van der Waals surface area contributed by atoms with E-state index in [4.69, 9.17) is 4.42 Å². The van der Waals surface area contributed by atoms with Crippen molar-refractivity contribution < 1.29 is 14.3 Å². The van der Waals surface area contributed by atoms with Crippen LogP contribution < -0.4 is 5.32 Å². The number of nitrogens with zero attached hydrogens (tertiary/aromatic N) is 2. The molecule has 32 heavy (non-hydrogen) atoms. The maximum Gasteiger partial charge on any atom is 0.231 e. The quantitative estimate of drug-likeness (QED) is 0.372. The molecule has 4 rings (SSSR count). The van der Waals surface area contributed by atoms with Crippen LogP contribution in [-0.2, 0) is 30.8 Å². The van der Waals surface area contributed by atoms with Gasteiger partial charge in [0.2, 0.25) is 5.91 Å². The lowest BCUT2D eigenvalue weighted by molar-refractivity contribution is -0.115. The molecule has 0 saturated carbocycles. The summed E-state index contributed by atoms with van der Waals surface area (Å²) in [6.45, 7) is 3.68. The number of aryl methyl sites for hydroxylation is 1. The van der Waals surface area contributed by atoms with Crippen molar-refractivity contribution in [2.75, 3.05) is 5.32 Å². The van der Waals surface area contributed by atoms with Crippen molar-refractivity contribution in [1.82, 2.24) is 9.88 Å². The first kappa shape index (κ1) is 21.8. The number of carbonyl (C=O) groups is 1. The van der Waals surface area contributed by atoms with Gasteiger partial charge in [-0.2, -0.15) is 0 Å². The monoisotopic (exact) mass is 447 g/mol. The van der Waals surface area contributed by atoms with E-state index in [-0.39, 0.29) is 18.1 Å². The Labute approximate surface area is 191 Å². The largest absolute Gasteiger partial charge is 0.508 e. The summed E-state index contributed by atoms with van der Waals surface area (Å²) < 4.78 is 5.52. The second kappa shape index (κ2) is 10.3. The molecule has 0 aliphatic rings. The van der Waals surface area contributed by atoms with Crippen molar-refractivity contribution >= 4 is 22.9 Å². The van der Waals surface area contributed by atoms with Gasteiger partial charge in [-0.05, 0) is 36.8 Å². The number of nitrogens with one attached hydrogen (secondary N) is 1. The molecule has 2 N–H and O–H groups in total. The van der Waals surface area contributed by atoms with Crippen LogP contribution in [0.5, 0.6) is 5.75 Å². The first-order valence-corrected chi connectivity index (χ1v) is 11.2. The number of para-hydroxylation sites is 2. The van der Waals surface area contributed by atoms with E-state index in [1.807, 2.05) is 66.9 Å². The summed E-state index contributed by atoms with van der Waals surface area (Å²) in [5.41, 5.74) is 3.57. The molecule has 0 fully saturated rings. The Morgan fingerprint density at radius 3 is 2.66 bits per heavy atom. The van der Waals surface area contributed by atoms with Gasteiger partial charge in [-0.15, -0.1) is 11.3 Å². The van der Waals surface area contributed by atoms with Crippen LogP contribution in [0.3, 0.4) is 0 Å². The van der Waals surface area contributed by atoms with Gasteiger partial charge in [-0.3, -0.25) is 9.69 Å². The number of aromatic nitrogens is 1. The van der Waals surface area contributed by atoms with Gasteiger partial charge in [0, 0.05) is 29.7 Å². The predicted octanol–water partition coefficient (Wildman–Crippen LogP) is 5.13. The van der Waals surface area contributed by atoms with Gasteiger partial charge in [-0.25, -0.2) is 4.98 Å². The molecule has 0 unspecified atom stereocenters. The molecule has 0 aliphatic heterocycles. The summed E-state index contributed by atoms with van der Waals surface area (Å²) in [4.78, 5) is 19.3. The van der Waals surface area contributed by atoms with Crippen LogP contribution in [-0.4, -0.2) is 20.9 Å². The zero-order valence-corrected chi connectivity index (χ0v) is 18.6. The third kappa shape index (κ3) is 5.84. The number of anilines is 1. The molecule has 4 aromatic rings. The summed E-state index contributed by atoms with van der Waals surface area (Å²) in [5, 5.41) is 15.9. The van der Waals surface area contributed by atoms with Crippen LogP contribution in [0.1, 0.15) is 27.6 Å². The number of carbonyl (C=O) groups excluding carboxylic acids is 1. The SMILES string of the molecule is Cc1ccccc1NC(=O)Cc1nc(CN(Cc2ccco2)Cc2ccccc2O)cs1. The Balaban J connectivity index is 1.42. The number of amides is 1. The minimum atomic E-state index is -0.0816. The highest BCUT2D eigenvalue weighted by atomic mass is 32.1. The third-order valence-corrected chi connectivity index (χ3v) is 5.96. The van der Waals surface area contributed by atoms with Crippen LogP contribution in [0.4, 0.5) is 5.69 Å². The number of furan rings is 1. The molecular formula is C25H25N3O3S. The molecule has 0 atom stereocenters. The van der Waals surface area contributed by atoms with Gasteiger partial charge < -0.3 is 14.8 Å². The highest BCUT2D eigenvalue weighted by Crippen LogP contribution is 2.22. The van der Waals surface area contributed by atoms with Crippen molar-refractivity contribution in [3.8, 4) is 5.75 Å². The average molecular weight is 448 g/mol. The number of rotatable bonds is 9. The molecule has 0 aliphatic carbocycles. The van der Waals surface area contributed by atoms with E-state index in [9.17, 15) is 9.90 Å². The summed E-state index contributed by atoms with van der Waals surface area (Å²) in [5.74, 6) is 1.03. The van der Waals surface area contributed by atoms with Gasteiger partial charge in [0.05, 0.1) is 24.9 Å². The van der Waals surface area contributed by atoms with Gasteiger partial charge in [0.1, 0.15) is 16.5 Å². The predicted molar refractivity (Wildman–Crippen MR) is 125 cm³/mol. The zero-order valence-electron chi connectivity index (χ0n) is 17.8. The average Bonchev–Trinajstić information content (AvgIpc) is 3.43. The lowest BCUT2D eigenvalue weighted by Gasteiger charge is -2.21. The molecule has 0 bridgehead atoms. The van der Waals surface area contributed by atoms with Crippen LogP contribution in [0.2, 0.25) is 0 Å². The topological polar surface area (TPSA) is 78.6 Å². The minimum absolute atomic E-state index is 0.0816. The highest BCUT2D eigenvalue weighted by molar-refractivity contribution is 7.09. The number of aromatic hydroxyl groups is 1.